The van der Waals surface area contributed by atoms with E-state index in [1.165, 1.54) is 43.8 Å². The monoisotopic (exact) mass is 329 g/mol. The van der Waals surface area contributed by atoms with Gasteiger partial charge in [0.15, 0.2) is 0 Å². The van der Waals surface area contributed by atoms with Crippen LogP contribution in [0.15, 0.2) is 6.07 Å². The van der Waals surface area contributed by atoms with Crippen molar-refractivity contribution in [3.05, 3.63) is 16.1 Å². The van der Waals surface area contributed by atoms with Crippen LogP contribution < -0.4 is 5.32 Å². The quantitative estimate of drug-likeness (QED) is 0.821. The van der Waals surface area contributed by atoms with Crippen molar-refractivity contribution in [3.63, 3.8) is 0 Å². The highest BCUT2D eigenvalue weighted by Crippen LogP contribution is 2.37. The van der Waals surface area contributed by atoms with Gasteiger partial charge in [-0.3, -0.25) is 0 Å². The molecular formula is C14H17Cl2N3S. The first kappa shape index (κ1) is 14.4. The number of aromatic nitrogens is 2. The standard InChI is InChI=1S/C14H17Cl2N3S/c1-2-8-3-5-9(6-4-8)17-12-10(15)7-11(16)13-14(12)19-20-18-13/h7-9,17H,2-6H2,1H3. The molecule has 1 aromatic heterocycles. The molecule has 0 bridgehead atoms. The van der Waals surface area contributed by atoms with Crippen molar-refractivity contribution in [2.75, 3.05) is 5.32 Å². The van der Waals surface area contributed by atoms with Crippen LogP contribution in [0.25, 0.3) is 11.0 Å². The molecule has 1 fully saturated rings. The number of anilines is 1. The zero-order valence-corrected chi connectivity index (χ0v) is 13.7. The number of rotatable bonds is 3. The molecule has 1 aliphatic carbocycles. The van der Waals surface area contributed by atoms with Crippen molar-refractivity contribution in [3.8, 4) is 0 Å². The molecule has 0 amide bonds. The number of nitrogens with zero attached hydrogens (tertiary/aromatic N) is 2. The average Bonchev–Trinajstić information content (AvgIpc) is 2.94. The maximum Gasteiger partial charge on any atom is 0.130 e. The molecule has 1 N–H and O–H groups in total. The third-order valence-electron chi connectivity index (χ3n) is 4.22. The van der Waals surface area contributed by atoms with Crippen molar-refractivity contribution >= 4 is 51.7 Å². The number of hydrogen-bond donors (Lipinski definition) is 1. The Labute approximate surface area is 133 Å². The molecular weight excluding hydrogens is 313 g/mol. The minimum absolute atomic E-state index is 0.473. The van der Waals surface area contributed by atoms with Crippen molar-refractivity contribution in [1.82, 2.24) is 8.75 Å². The van der Waals surface area contributed by atoms with Crippen molar-refractivity contribution < 1.29 is 0 Å². The lowest BCUT2D eigenvalue weighted by Gasteiger charge is -2.29. The lowest BCUT2D eigenvalue weighted by molar-refractivity contribution is 0.330. The molecule has 0 unspecified atom stereocenters. The van der Waals surface area contributed by atoms with Crippen LogP contribution in [0.3, 0.4) is 0 Å². The summed E-state index contributed by atoms with van der Waals surface area (Å²) in [5.74, 6) is 0.884. The van der Waals surface area contributed by atoms with Gasteiger partial charge in [0, 0.05) is 6.04 Å². The van der Waals surface area contributed by atoms with Crippen LogP contribution in [0, 0.1) is 5.92 Å². The zero-order valence-electron chi connectivity index (χ0n) is 11.3. The third kappa shape index (κ3) is 2.74. The highest BCUT2D eigenvalue weighted by molar-refractivity contribution is 7.00. The summed E-state index contributed by atoms with van der Waals surface area (Å²) in [6.07, 6.45) is 6.25. The molecule has 0 spiro atoms. The first-order valence-electron chi connectivity index (χ1n) is 7.05. The summed E-state index contributed by atoms with van der Waals surface area (Å²) in [4.78, 5) is 0. The van der Waals surface area contributed by atoms with Crippen LogP contribution in [-0.2, 0) is 0 Å². The highest BCUT2D eigenvalue weighted by atomic mass is 35.5. The molecule has 0 atom stereocenters. The van der Waals surface area contributed by atoms with Crippen LogP contribution >= 0.6 is 34.9 Å². The van der Waals surface area contributed by atoms with E-state index in [4.69, 9.17) is 23.2 Å². The smallest absolute Gasteiger partial charge is 0.130 e. The van der Waals surface area contributed by atoms with Crippen LogP contribution in [-0.4, -0.2) is 14.8 Å². The molecule has 0 radical (unpaired) electrons. The van der Waals surface area contributed by atoms with Gasteiger partial charge in [-0.15, -0.1) is 0 Å². The molecule has 1 saturated carbocycles. The number of halogens is 2. The molecule has 6 heteroatoms. The normalized spacial score (nSPS) is 23.1. The molecule has 108 valence electrons. The predicted molar refractivity (Wildman–Crippen MR) is 87.1 cm³/mol. The van der Waals surface area contributed by atoms with Gasteiger partial charge in [-0.05, 0) is 37.7 Å². The lowest BCUT2D eigenvalue weighted by atomic mass is 9.84. The predicted octanol–water partition coefficient (Wildman–Crippen LogP) is 5.38. The first-order chi connectivity index (χ1) is 9.69. The van der Waals surface area contributed by atoms with Gasteiger partial charge < -0.3 is 5.32 Å². The van der Waals surface area contributed by atoms with Crippen molar-refractivity contribution in [1.29, 1.82) is 0 Å². The molecule has 3 nitrogen and oxygen atoms in total. The summed E-state index contributed by atoms with van der Waals surface area (Å²) in [5, 5.41) is 4.76. The Kier molecular flexibility index (Phi) is 4.34. The summed E-state index contributed by atoms with van der Waals surface area (Å²) >= 11 is 13.7. The second-order valence-electron chi connectivity index (χ2n) is 5.45. The number of hydrogen-bond acceptors (Lipinski definition) is 4. The Morgan fingerprint density at radius 2 is 1.85 bits per heavy atom. The molecule has 20 heavy (non-hydrogen) atoms. The van der Waals surface area contributed by atoms with E-state index in [1.54, 1.807) is 6.07 Å². The van der Waals surface area contributed by atoms with E-state index >= 15 is 0 Å². The van der Waals surface area contributed by atoms with Crippen LogP contribution in [0.1, 0.15) is 39.0 Å². The van der Waals surface area contributed by atoms with E-state index in [2.05, 4.69) is 21.0 Å². The number of nitrogens with one attached hydrogen (secondary N) is 1. The minimum Gasteiger partial charge on any atom is -0.379 e. The van der Waals surface area contributed by atoms with Gasteiger partial charge in [0.05, 0.1) is 27.5 Å². The van der Waals surface area contributed by atoms with Gasteiger partial charge in [0.2, 0.25) is 0 Å². The summed E-state index contributed by atoms with van der Waals surface area (Å²) in [7, 11) is 0. The molecule has 1 heterocycles. The average molecular weight is 330 g/mol. The van der Waals surface area contributed by atoms with Gasteiger partial charge in [-0.25, -0.2) is 0 Å². The van der Waals surface area contributed by atoms with E-state index in [0.29, 0.717) is 16.1 Å². The van der Waals surface area contributed by atoms with Crippen LogP contribution in [0.5, 0.6) is 0 Å². The summed E-state index contributed by atoms with van der Waals surface area (Å²) in [5.41, 5.74) is 2.43. The summed E-state index contributed by atoms with van der Waals surface area (Å²) < 4.78 is 8.57. The fraction of sp³-hybridized carbons (Fsp3) is 0.571. The molecule has 1 aromatic carbocycles. The zero-order chi connectivity index (χ0) is 14.1. The van der Waals surface area contributed by atoms with Gasteiger partial charge >= 0.3 is 0 Å². The van der Waals surface area contributed by atoms with Crippen molar-refractivity contribution in [2.24, 2.45) is 5.92 Å². The molecule has 3 rings (SSSR count). The largest absolute Gasteiger partial charge is 0.379 e. The van der Waals surface area contributed by atoms with E-state index in [1.807, 2.05) is 0 Å². The summed E-state index contributed by atoms with van der Waals surface area (Å²) in [6, 6.07) is 2.23. The van der Waals surface area contributed by atoms with E-state index in [9.17, 15) is 0 Å². The van der Waals surface area contributed by atoms with Gasteiger partial charge in [0.1, 0.15) is 11.0 Å². The third-order valence-corrected chi connectivity index (χ3v) is 5.33. The Hall–Kier alpha value is -0.580. The van der Waals surface area contributed by atoms with Crippen LogP contribution in [0.4, 0.5) is 5.69 Å². The minimum atomic E-state index is 0.473. The Bertz CT molecular complexity index is 606. The van der Waals surface area contributed by atoms with E-state index < -0.39 is 0 Å². The molecule has 1 aliphatic rings. The fourth-order valence-corrected chi connectivity index (χ4v) is 4.10. The number of fused-ring (bicyclic) bond motifs is 1. The number of benzene rings is 1. The second kappa shape index (κ2) is 6.04. The molecule has 2 aromatic rings. The Balaban J connectivity index is 1.83. The highest BCUT2D eigenvalue weighted by Gasteiger charge is 2.22. The van der Waals surface area contributed by atoms with Gasteiger partial charge in [-0.1, -0.05) is 36.5 Å². The maximum absolute atomic E-state index is 6.33. The second-order valence-corrected chi connectivity index (χ2v) is 6.79. The maximum atomic E-state index is 6.33. The fourth-order valence-electron chi connectivity index (χ4n) is 2.93. The van der Waals surface area contributed by atoms with E-state index in [-0.39, 0.29) is 0 Å². The van der Waals surface area contributed by atoms with Crippen molar-refractivity contribution in [2.45, 2.75) is 45.1 Å². The SMILES string of the molecule is CCC1CCC(Nc2c(Cl)cc(Cl)c3nsnc23)CC1. The van der Waals surface area contributed by atoms with Crippen LogP contribution in [0.2, 0.25) is 10.0 Å². The molecule has 0 saturated heterocycles. The first-order valence-corrected chi connectivity index (χ1v) is 8.54. The molecule has 0 aliphatic heterocycles. The Morgan fingerprint density at radius 1 is 1.15 bits per heavy atom. The lowest BCUT2D eigenvalue weighted by Crippen LogP contribution is -2.26. The van der Waals surface area contributed by atoms with Gasteiger partial charge in [-0.2, -0.15) is 8.75 Å². The summed E-state index contributed by atoms with van der Waals surface area (Å²) in [6.45, 7) is 2.28. The van der Waals surface area contributed by atoms with E-state index in [0.717, 1.165) is 22.6 Å². The van der Waals surface area contributed by atoms with Gasteiger partial charge in [0.25, 0.3) is 0 Å². The Morgan fingerprint density at radius 3 is 2.55 bits per heavy atom. The topological polar surface area (TPSA) is 37.8 Å².